The van der Waals surface area contributed by atoms with Gasteiger partial charge in [-0.25, -0.2) is 0 Å². The van der Waals surface area contributed by atoms with Crippen molar-refractivity contribution in [1.29, 1.82) is 0 Å². The van der Waals surface area contributed by atoms with E-state index >= 15 is 0 Å². The van der Waals surface area contributed by atoms with Gasteiger partial charge in [0, 0.05) is 12.6 Å². The second kappa shape index (κ2) is 6.97. The van der Waals surface area contributed by atoms with E-state index in [0.717, 1.165) is 39.0 Å². The van der Waals surface area contributed by atoms with Gasteiger partial charge in [0.25, 0.3) is 0 Å². The van der Waals surface area contributed by atoms with Gasteiger partial charge in [0.2, 0.25) is 5.91 Å². The molecule has 1 aliphatic heterocycles. The molecule has 0 aromatic rings. The lowest BCUT2D eigenvalue weighted by atomic mass is 10.2. The first-order chi connectivity index (χ1) is 8.06. The molecule has 0 aromatic heterocycles. The van der Waals surface area contributed by atoms with Crippen LogP contribution in [0.2, 0.25) is 0 Å². The summed E-state index contributed by atoms with van der Waals surface area (Å²) in [6.45, 7) is 9.21. The van der Waals surface area contributed by atoms with Crippen molar-refractivity contribution in [2.45, 2.75) is 52.1 Å². The Balaban J connectivity index is 2.14. The van der Waals surface area contributed by atoms with E-state index in [4.69, 9.17) is 0 Å². The van der Waals surface area contributed by atoms with Crippen molar-refractivity contribution < 1.29 is 4.79 Å². The van der Waals surface area contributed by atoms with Gasteiger partial charge in [0.1, 0.15) is 0 Å². The van der Waals surface area contributed by atoms with Crippen LogP contribution < -0.4 is 5.32 Å². The number of carbonyl (C=O) groups excluding carboxylic acids is 1. The quantitative estimate of drug-likeness (QED) is 0.682. The van der Waals surface area contributed by atoms with E-state index < -0.39 is 0 Å². The molecular formula is C13H27N3O. The number of hydrogen-bond donors (Lipinski definition) is 1. The lowest BCUT2D eigenvalue weighted by molar-refractivity contribution is -0.129. The van der Waals surface area contributed by atoms with Gasteiger partial charge in [-0.05, 0) is 46.7 Å². The van der Waals surface area contributed by atoms with Crippen LogP contribution in [0, 0.1) is 0 Å². The molecule has 17 heavy (non-hydrogen) atoms. The highest BCUT2D eigenvalue weighted by atomic mass is 16.2. The zero-order valence-electron chi connectivity index (χ0n) is 11.7. The standard InChI is InChI=1S/C13H27N3O/c1-5-12-13(17)16(10-14-12)9-7-6-8-15(4)11(2)3/h11-12,14H,5-10H2,1-4H3. The average Bonchev–Trinajstić information content (AvgIpc) is 2.65. The van der Waals surface area contributed by atoms with Crippen molar-refractivity contribution in [2.75, 3.05) is 26.8 Å². The van der Waals surface area contributed by atoms with E-state index in [9.17, 15) is 4.79 Å². The summed E-state index contributed by atoms with van der Waals surface area (Å²) in [6.07, 6.45) is 3.15. The predicted molar refractivity (Wildman–Crippen MR) is 70.8 cm³/mol. The first-order valence-corrected chi connectivity index (χ1v) is 6.78. The topological polar surface area (TPSA) is 35.6 Å². The molecule has 0 aromatic carbocycles. The number of hydrogen-bond acceptors (Lipinski definition) is 3. The molecule has 100 valence electrons. The van der Waals surface area contributed by atoms with Crippen molar-refractivity contribution in [3.05, 3.63) is 0 Å². The van der Waals surface area contributed by atoms with Crippen molar-refractivity contribution >= 4 is 5.91 Å². The van der Waals surface area contributed by atoms with Crippen LogP contribution in [0.4, 0.5) is 0 Å². The first-order valence-electron chi connectivity index (χ1n) is 6.78. The van der Waals surface area contributed by atoms with Gasteiger partial charge in [0.05, 0.1) is 12.7 Å². The van der Waals surface area contributed by atoms with E-state index in [-0.39, 0.29) is 11.9 Å². The zero-order valence-corrected chi connectivity index (χ0v) is 11.7. The third kappa shape index (κ3) is 4.28. The van der Waals surface area contributed by atoms with Crippen molar-refractivity contribution in [2.24, 2.45) is 0 Å². The molecule has 0 saturated carbocycles. The van der Waals surface area contributed by atoms with Crippen molar-refractivity contribution in [3.63, 3.8) is 0 Å². The largest absolute Gasteiger partial charge is 0.329 e. The molecule has 1 saturated heterocycles. The minimum atomic E-state index is 0.0633. The second-order valence-corrected chi connectivity index (χ2v) is 5.21. The fourth-order valence-corrected chi connectivity index (χ4v) is 2.04. The van der Waals surface area contributed by atoms with Gasteiger partial charge in [-0.15, -0.1) is 0 Å². The number of rotatable bonds is 7. The zero-order chi connectivity index (χ0) is 12.8. The SMILES string of the molecule is CCC1NCN(CCCCN(C)C(C)C)C1=O. The minimum absolute atomic E-state index is 0.0633. The summed E-state index contributed by atoms with van der Waals surface area (Å²) in [6, 6.07) is 0.669. The van der Waals surface area contributed by atoms with Crippen molar-refractivity contribution in [3.8, 4) is 0 Å². The first kappa shape index (κ1) is 14.5. The van der Waals surface area contributed by atoms with Crippen LogP contribution in [0.25, 0.3) is 0 Å². The number of nitrogens with zero attached hydrogens (tertiary/aromatic N) is 2. The number of carbonyl (C=O) groups is 1. The Bertz CT molecular complexity index is 243. The molecule has 1 unspecified atom stereocenters. The van der Waals surface area contributed by atoms with Gasteiger partial charge < -0.3 is 9.80 Å². The monoisotopic (exact) mass is 241 g/mol. The minimum Gasteiger partial charge on any atom is -0.329 e. The number of unbranched alkanes of at least 4 members (excludes halogenated alkanes) is 1. The van der Waals surface area contributed by atoms with Crippen LogP contribution in [-0.4, -0.2) is 54.6 Å². The highest BCUT2D eigenvalue weighted by molar-refractivity contribution is 5.83. The molecule has 1 atom stereocenters. The van der Waals surface area contributed by atoms with Gasteiger partial charge in [0.15, 0.2) is 0 Å². The van der Waals surface area contributed by atoms with Gasteiger partial charge in [-0.2, -0.15) is 0 Å². The van der Waals surface area contributed by atoms with Crippen LogP contribution in [-0.2, 0) is 4.79 Å². The highest BCUT2D eigenvalue weighted by Gasteiger charge is 2.28. The molecule has 0 aliphatic carbocycles. The maximum absolute atomic E-state index is 11.8. The van der Waals surface area contributed by atoms with Crippen LogP contribution in [0.3, 0.4) is 0 Å². The Morgan fingerprint density at radius 2 is 2.18 bits per heavy atom. The van der Waals surface area contributed by atoms with E-state index in [1.165, 1.54) is 0 Å². The lowest BCUT2D eigenvalue weighted by Gasteiger charge is -2.21. The maximum Gasteiger partial charge on any atom is 0.240 e. The molecule has 0 spiro atoms. The molecule has 1 N–H and O–H groups in total. The normalized spacial score (nSPS) is 20.9. The van der Waals surface area contributed by atoms with Gasteiger partial charge in [-0.3, -0.25) is 10.1 Å². The van der Waals surface area contributed by atoms with E-state index in [0.29, 0.717) is 6.04 Å². The summed E-state index contributed by atoms with van der Waals surface area (Å²) < 4.78 is 0. The van der Waals surface area contributed by atoms with E-state index in [1.54, 1.807) is 0 Å². The Morgan fingerprint density at radius 1 is 1.47 bits per heavy atom. The summed E-state index contributed by atoms with van der Waals surface area (Å²) in [4.78, 5) is 16.1. The molecule has 1 aliphatic rings. The molecule has 1 fully saturated rings. The fraction of sp³-hybridized carbons (Fsp3) is 0.923. The summed E-state index contributed by atoms with van der Waals surface area (Å²) >= 11 is 0. The Hall–Kier alpha value is -0.610. The Kier molecular flexibility index (Phi) is 5.92. The molecule has 1 rings (SSSR count). The summed E-state index contributed by atoms with van der Waals surface area (Å²) in [5, 5.41) is 3.24. The molecule has 1 amide bonds. The number of amides is 1. The summed E-state index contributed by atoms with van der Waals surface area (Å²) in [7, 11) is 2.15. The van der Waals surface area contributed by atoms with Crippen molar-refractivity contribution in [1.82, 2.24) is 15.1 Å². The fourth-order valence-electron chi connectivity index (χ4n) is 2.04. The van der Waals surface area contributed by atoms with Gasteiger partial charge >= 0.3 is 0 Å². The smallest absolute Gasteiger partial charge is 0.240 e. The highest BCUT2D eigenvalue weighted by Crippen LogP contribution is 2.08. The van der Waals surface area contributed by atoms with Crippen LogP contribution in [0.15, 0.2) is 0 Å². The van der Waals surface area contributed by atoms with Crippen LogP contribution in [0.5, 0.6) is 0 Å². The third-order valence-corrected chi connectivity index (χ3v) is 3.62. The van der Waals surface area contributed by atoms with E-state index in [2.05, 4.69) is 38.0 Å². The van der Waals surface area contributed by atoms with E-state index in [1.807, 2.05) is 4.90 Å². The molecule has 0 radical (unpaired) electrons. The Morgan fingerprint density at radius 3 is 2.71 bits per heavy atom. The van der Waals surface area contributed by atoms with Crippen LogP contribution >= 0.6 is 0 Å². The maximum atomic E-state index is 11.8. The average molecular weight is 241 g/mol. The summed E-state index contributed by atoms with van der Waals surface area (Å²) in [5.74, 6) is 0.282. The number of nitrogens with one attached hydrogen (secondary N) is 1. The van der Waals surface area contributed by atoms with Gasteiger partial charge in [-0.1, -0.05) is 6.92 Å². The second-order valence-electron chi connectivity index (χ2n) is 5.21. The molecule has 4 nitrogen and oxygen atoms in total. The molecular weight excluding hydrogens is 214 g/mol. The lowest BCUT2D eigenvalue weighted by Crippen LogP contribution is -2.31. The van der Waals surface area contributed by atoms with Crippen LogP contribution in [0.1, 0.15) is 40.0 Å². The molecule has 0 bridgehead atoms. The predicted octanol–water partition coefficient (Wildman–Crippen LogP) is 1.27. The summed E-state index contributed by atoms with van der Waals surface area (Å²) in [5.41, 5.74) is 0. The Labute approximate surface area is 105 Å². The third-order valence-electron chi connectivity index (χ3n) is 3.62. The molecule has 1 heterocycles. The molecule has 4 heteroatoms.